The van der Waals surface area contributed by atoms with E-state index in [-0.39, 0.29) is 11.4 Å². The Morgan fingerprint density at radius 1 is 1.10 bits per heavy atom. The van der Waals surface area contributed by atoms with E-state index in [1.165, 1.54) is 18.6 Å². The summed E-state index contributed by atoms with van der Waals surface area (Å²) in [4.78, 5) is 26.4. The third-order valence-electron chi connectivity index (χ3n) is 5.05. The van der Waals surface area contributed by atoms with E-state index in [4.69, 9.17) is 0 Å². The minimum Gasteiger partial charge on any atom is -0.381 e. The highest BCUT2D eigenvalue weighted by atomic mass is 19.1. The van der Waals surface area contributed by atoms with Gasteiger partial charge in [0.05, 0.1) is 16.7 Å². The molecule has 0 aromatic heterocycles. The van der Waals surface area contributed by atoms with Crippen LogP contribution in [0.25, 0.3) is 0 Å². The number of piperazine rings is 1. The van der Waals surface area contributed by atoms with Crippen LogP contribution in [0.4, 0.5) is 21.5 Å². The number of benzene rings is 2. The molecule has 2 aromatic rings. The smallest absolute Gasteiger partial charge is 0.295 e. The van der Waals surface area contributed by atoms with E-state index < -0.39 is 22.3 Å². The number of carbonyl (C=O) groups excluding carboxylic acids is 1. The van der Waals surface area contributed by atoms with E-state index in [0.29, 0.717) is 6.54 Å². The van der Waals surface area contributed by atoms with Crippen molar-refractivity contribution in [1.82, 2.24) is 9.80 Å². The Labute approximate surface area is 174 Å². The molecule has 0 spiro atoms. The SMILES string of the molecule is CC(=O)Nc1cc(NCCN2CCN(Cc3ccccc3)CC2)c(F)cc1[N+](=O)[O-]. The van der Waals surface area contributed by atoms with Gasteiger partial charge in [-0.15, -0.1) is 0 Å². The number of amides is 1. The molecule has 30 heavy (non-hydrogen) atoms. The van der Waals surface area contributed by atoms with Gasteiger partial charge in [0.15, 0.2) is 5.82 Å². The van der Waals surface area contributed by atoms with Gasteiger partial charge in [-0.3, -0.25) is 24.7 Å². The molecule has 1 aliphatic heterocycles. The van der Waals surface area contributed by atoms with Crippen LogP contribution in [0.3, 0.4) is 0 Å². The lowest BCUT2D eigenvalue weighted by atomic mass is 10.2. The average molecular weight is 415 g/mol. The maximum absolute atomic E-state index is 14.3. The number of hydrogen-bond donors (Lipinski definition) is 2. The fraction of sp³-hybridized carbons (Fsp3) is 0.381. The highest BCUT2D eigenvalue weighted by molar-refractivity contribution is 5.92. The van der Waals surface area contributed by atoms with Crippen LogP contribution in [0, 0.1) is 15.9 Å². The molecule has 9 heteroatoms. The van der Waals surface area contributed by atoms with Gasteiger partial charge in [0.2, 0.25) is 5.91 Å². The summed E-state index contributed by atoms with van der Waals surface area (Å²) >= 11 is 0. The molecule has 0 bridgehead atoms. The van der Waals surface area contributed by atoms with Crippen LogP contribution in [-0.4, -0.2) is 59.9 Å². The van der Waals surface area contributed by atoms with Gasteiger partial charge in [-0.1, -0.05) is 30.3 Å². The average Bonchev–Trinajstić information content (AvgIpc) is 2.71. The first-order chi connectivity index (χ1) is 14.4. The number of nitrogens with zero attached hydrogens (tertiary/aromatic N) is 3. The Balaban J connectivity index is 1.49. The van der Waals surface area contributed by atoms with E-state index >= 15 is 0 Å². The molecule has 1 fully saturated rings. The summed E-state index contributed by atoms with van der Waals surface area (Å²) in [5.41, 5.74) is 0.942. The van der Waals surface area contributed by atoms with E-state index in [1.54, 1.807) is 0 Å². The molecule has 0 aliphatic carbocycles. The first-order valence-electron chi connectivity index (χ1n) is 9.90. The molecular weight excluding hydrogens is 389 g/mol. The summed E-state index contributed by atoms with van der Waals surface area (Å²) in [7, 11) is 0. The van der Waals surface area contributed by atoms with Gasteiger partial charge < -0.3 is 10.6 Å². The molecule has 8 nitrogen and oxygen atoms in total. The van der Waals surface area contributed by atoms with Gasteiger partial charge >= 0.3 is 0 Å². The highest BCUT2D eigenvalue weighted by Crippen LogP contribution is 2.30. The van der Waals surface area contributed by atoms with Gasteiger partial charge in [0.25, 0.3) is 5.69 Å². The molecular formula is C21H26FN5O3. The molecule has 1 heterocycles. The lowest BCUT2D eigenvalue weighted by Crippen LogP contribution is -2.47. The first kappa shape index (κ1) is 21.7. The van der Waals surface area contributed by atoms with Crippen molar-refractivity contribution in [3.05, 3.63) is 64.0 Å². The van der Waals surface area contributed by atoms with Crippen molar-refractivity contribution in [2.24, 2.45) is 0 Å². The van der Waals surface area contributed by atoms with Crippen molar-refractivity contribution in [3.63, 3.8) is 0 Å². The number of carbonyl (C=O) groups is 1. The summed E-state index contributed by atoms with van der Waals surface area (Å²) < 4.78 is 14.3. The van der Waals surface area contributed by atoms with E-state index in [1.807, 2.05) is 18.2 Å². The van der Waals surface area contributed by atoms with E-state index in [0.717, 1.165) is 45.3 Å². The largest absolute Gasteiger partial charge is 0.381 e. The predicted molar refractivity (Wildman–Crippen MR) is 114 cm³/mol. The second kappa shape index (κ2) is 10.1. The lowest BCUT2D eigenvalue weighted by molar-refractivity contribution is -0.384. The highest BCUT2D eigenvalue weighted by Gasteiger charge is 2.20. The summed E-state index contributed by atoms with van der Waals surface area (Å²) in [6, 6.07) is 12.5. The molecule has 2 aromatic carbocycles. The van der Waals surface area contributed by atoms with Gasteiger partial charge in [0.1, 0.15) is 5.69 Å². The zero-order valence-electron chi connectivity index (χ0n) is 16.9. The number of anilines is 2. The Bertz CT molecular complexity index is 886. The van der Waals surface area contributed by atoms with Crippen molar-refractivity contribution in [2.45, 2.75) is 13.5 Å². The zero-order valence-corrected chi connectivity index (χ0v) is 16.9. The Hall–Kier alpha value is -3.04. The van der Waals surface area contributed by atoms with Crippen molar-refractivity contribution in [2.75, 3.05) is 49.9 Å². The number of nitrogens with one attached hydrogen (secondary N) is 2. The minimum absolute atomic E-state index is 0.0223. The quantitative estimate of drug-likeness (QED) is 0.509. The molecule has 0 saturated carbocycles. The number of rotatable bonds is 8. The third kappa shape index (κ3) is 5.98. The fourth-order valence-electron chi connectivity index (χ4n) is 3.50. The van der Waals surface area contributed by atoms with E-state index in [9.17, 15) is 19.3 Å². The molecule has 3 rings (SSSR count). The molecule has 1 aliphatic rings. The molecule has 1 amide bonds. The molecule has 0 radical (unpaired) electrons. The van der Waals surface area contributed by atoms with Crippen LogP contribution in [0.1, 0.15) is 12.5 Å². The maximum atomic E-state index is 14.3. The predicted octanol–water partition coefficient (Wildman–Crippen LogP) is 2.92. The summed E-state index contributed by atoms with van der Waals surface area (Å²) in [5, 5.41) is 16.5. The number of nitro benzene ring substituents is 1. The first-order valence-corrected chi connectivity index (χ1v) is 9.90. The molecule has 0 unspecified atom stereocenters. The maximum Gasteiger partial charge on any atom is 0.295 e. The van der Waals surface area contributed by atoms with Crippen molar-refractivity contribution >= 4 is 23.0 Å². The Morgan fingerprint density at radius 2 is 1.77 bits per heavy atom. The number of nitro groups is 1. The van der Waals surface area contributed by atoms with Crippen molar-refractivity contribution in [3.8, 4) is 0 Å². The minimum atomic E-state index is -0.719. The number of hydrogen-bond acceptors (Lipinski definition) is 6. The molecule has 0 atom stereocenters. The van der Waals surface area contributed by atoms with Crippen LogP contribution in [0.2, 0.25) is 0 Å². The second-order valence-corrected chi connectivity index (χ2v) is 7.32. The summed E-state index contributed by atoms with van der Waals surface area (Å²) in [6.45, 7) is 7.19. The van der Waals surface area contributed by atoms with Crippen LogP contribution in [-0.2, 0) is 11.3 Å². The van der Waals surface area contributed by atoms with Gasteiger partial charge in [0, 0.05) is 52.7 Å². The topological polar surface area (TPSA) is 90.8 Å². The van der Waals surface area contributed by atoms with Gasteiger partial charge in [-0.2, -0.15) is 0 Å². The van der Waals surface area contributed by atoms with Crippen LogP contribution in [0.15, 0.2) is 42.5 Å². The van der Waals surface area contributed by atoms with Crippen LogP contribution < -0.4 is 10.6 Å². The third-order valence-corrected chi connectivity index (χ3v) is 5.05. The zero-order chi connectivity index (χ0) is 21.5. The fourth-order valence-corrected chi connectivity index (χ4v) is 3.50. The van der Waals surface area contributed by atoms with Crippen molar-refractivity contribution in [1.29, 1.82) is 0 Å². The van der Waals surface area contributed by atoms with E-state index in [2.05, 4.69) is 32.6 Å². The second-order valence-electron chi connectivity index (χ2n) is 7.32. The van der Waals surface area contributed by atoms with Gasteiger partial charge in [-0.05, 0) is 11.6 Å². The summed E-state index contributed by atoms with van der Waals surface area (Å²) in [6.07, 6.45) is 0. The van der Waals surface area contributed by atoms with Crippen LogP contribution >= 0.6 is 0 Å². The molecule has 2 N–H and O–H groups in total. The summed E-state index contributed by atoms with van der Waals surface area (Å²) in [5.74, 6) is -1.17. The Kier molecular flexibility index (Phi) is 7.31. The standard InChI is InChI=1S/C21H26FN5O3/c1-16(28)24-20-14-19(18(22)13-21(20)27(29)30)23-7-8-25-9-11-26(12-10-25)15-17-5-3-2-4-6-17/h2-6,13-14,23H,7-12,15H2,1H3,(H,24,28). The monoisotopic (exact) mass is 415 g/mol. The van der Waals surface area contributed by atoms with Crippen molar-refractivity contribution < 1.29 is 14.1 Å². The number of halogens is 1. The molecule has 160 valence electrons. The Morgan fingerprint density at radius 3 is 2.40 bits per heavy atom. The molecule has 1 saturated heterocycles. The van der Waals surface area contributed by atoms with Gasteiger partial charge in [-0.25, -0.2) is 4.39 Å². The lowest BCUT2D eigenvalue weighted by Gasteiger charge is -2.34. The normalized spacial score (nSPS) is 15.0. The van der Waals surface area contributed by atoms with Crippen LogP contribution in [0.5, 0.6) is 0 Å².